The second-order valence-electron chi connectivity index (χ2n) is 6.83. The van der Waals surface area contributed by atoms with E-state index in [0.29, 0.717) is 23.9 Å². The summed E-state index contributed by atoms with van der Waals surface area (Å²) >= 11 is 0. The van der Waals surface area contributed by atoms with Crippen LogP contribution in [0.15, 0.2) is 23.1 Å². The van der Waals surface area contributed by atoms with E-state index in [4.69, 9.17) is 4.74 Å². The van der Waals surface area contributed by atoms with E-state index in [1.165, 1.54) is 44.7 Å². The van der Waals surface area contributed by atoms with E-state index in [1.54, 1.807) is 6.07 Å². The van der Waals surface area contributed by atoms with E-state index in [-0.39, 0.29) is 10.8 Å². The fourth-order valence-corrected chi connectivity index (χ4v) is 4.06. The lowest BCUT2D eigenvalue weighted by molar-refractivity contribution is -0.900. The fourth-order valence-electron chi connectivity index (χ4n) is 3.14. The highest BCUT2D eigenvalue weighted by Gasteiger charge is 2.23. The number of hydrogen-bond acceptors (Lipinski definition) is 4. The smallest absolute Gasteiger partial charge is 0.279 e. The van der Waals surface area contributed by atoms with Crippen LogP contribution in [0.25, 0.3) is 0 Å². The molecule has 0 radical (unpaired) electrons. The molecule has 8 heteroatoms. The van der Waals surface area contributed by atoms with E-state index in [2.05, 4.69) is 12.2 Å². The number of benzene rings is 1. The molecule has 2 rings (SSSR count). The Bertz CT molecular complexity index is 719. The van der Waals surface area contributed by atoms with Crippen LogP contribution in [-0.4, -0.2) is 59.5 Å². The molecule has 1 fully saturated rings. The quantitative estimate of drug-likeness (QED) is 0.750. The SMILES string of the molecule is COc1ccc(S(=O)(=O)N(C)C)cc1NC(=O)C[NH+]1CCC[C@H](C)C1. The Hall–Kier alpha value is -1.64. The number of anilines is 1. The van der Waals surface area contributed by atoms with Gasteiger partial charge in [0.25, 0.3) is 5.91 Å². The summed E-state index contributed by atoms with van der Waals surface area (Å²) in [6.07, 6.45) is 2.34. The van der Waals surface area contributed by atoms with Crippen molar-refractivity contribution in [3.63, 3.8) is 0 Å². The topological polar surface area (TPSA) is 80.2 Å². The van der Waals surface area contributed by atoms with Crippen LogP contribution in [0.5, 0.6) is 5.75 Å². The summed E-state index contributed by atoms with van der Waals surface area (Å²) in [6, 6.07) is 4.48. The Kier molecular flexibility index (Phi) is 6.42. The lowest BCUT2D eigenvalue weighted by atomic mass is 10.0. The van der Waals surface area contributed by atoms with Crippen LogP contribution in [0.3, 0.4) is 0 Å². The first-order valence-corrected chi connectivity index (χ1v) is 9.92. The molecule has 0 aromatic heterocycles. The molecule has 2 atom stereocenters. The highest BCUT2D eigenvalue weighted by Crippen LogP contribution is 2.28. The van der Waals surface area contributed by atoms with Gasteiger partial charge in [0.1, 0.15) is 5.75 Å². The molecule has 1 aromatic carbocycles. The van der Waals surface area contributed by atoms with Crippen molar-refractivity contribution < 1.29 is 22.8 Å². The molecule has 0 spiro atoms. The number of quaternary nitrogens is 1. The zero-order chi connectivity index (χ0) is 18.6. The van der Waals surface area contributed by atoms with Gasteiger partial charge in [-0.2, -0.15) is 0 Å². The highest BCUT2D eigenvalue weighted by molar-refractivity contribution is 7.89. The number of rotatable bonds is 6. The molecule has 1 saturated heterocycles. The van der Waals surface area contributed by atoms with Crippen LogP contribution in [-0.2, 0) is 14.8 Å². The zero-order valence-electron chi connectivity index (χ0n) is 15.3. The summed E-state index contributed by atoms with van der Waals surface area (Å²) in [5.74, 6) is 0.925. The Labute approximate surface area is 150 Å². The van der Waals surface area contributed by atoms with Gasteiger partial charge in [0.05, 0.1) is 30.8 Å². The van der Waals surface area contributed by atoms with Gasteiger partial charge in [-0.1, -0.05) is 6.92 Å². The third kappa shape index (κ3) is 4.93. The molecule has 1 aromatic rings. The summed E-state index contributed by atoms with van der Waals surface area (Å²) in [6.45, 7) is 4.55. The number of carbonyl (C=O) groups is 1. The highest BCUT2D eigenvalue weighted by atomic mass is 32.2. The van der Waals surface area contributed by atoms with E-state index in [0.717, 1.165) is 23.8 Å². The molecule has 140 valence electrons. The van der Waals surface area contributed by atoms with Gasteiger partial charge in [0.15, 0.2) is 6.54 Å². The number of piperidine rings is 1. The second kappa shape index (κ2) is 8.16. The van der Waals surface area contributed by atoms with Crippen LogP contribution in [0.1, 0.15) is 19.8 Å². The molecular weight excluding hydrogens is 342 g/mol. The molecule has 2 N–H and O–H groups in total. The maximum absolute atomic E-state index is 12.4. The standard InChI is InChI=1S/C17H27N3O4S/c1-13-6-5-9-20(11-13)12-17(21)18-15-10-14(7-8-16(15)24-4)25(22,23)19(2)3/h7-8,10,13H,5-6,9,11-12H2,1-4H3,(H,18,21)/p+1/t13-/m0/s1. The summed E-state index contributed by atoms with van der Waals surface area (Å²) in [4.78, 5) is 13.8. The van der Waals surface area contributed by atoms with Crippen molar-refractivity contribution in [2.75, 3.05) is 46.2 Å². The van der Waals surface area contributed by atoms with Crippen molar-refractivity contribution in [2.24, 2.45) is 5.92 Å². The van der Waals surface area contributed by atoms with Crippen LogP contribution in [0.4, 0.5) is 5.69 Å². The molecule has 0 aliphatic carbocycles. The number of ether oxygens (including phenoxy) is 1. The van der Waals surface area contributed by atoms with E-state index >= 15 is 0 Å². The first kappa shape index (κ1) is 19.7. The van der Waals surface area contributed by atoms with Crippen molar-refractivity contribution >= 4 is 21.6 Å². The fraction of sp³-hybridized carbons (Fsp3) is 0.588. The first-order chi connectivity index (χ1) is 11.7. The van der Waals surface area contributed by atoms with Gasteiger partial charge in [-0.15, -0.1) is 0 Å². The molecule has 1 aliphatic heterocycles. The maximum Gasteiger partial charge on any atom is 0.279 e. The van der Waals surface area contributed by atoms with Gasteiger partial charge in [-0.25, -0.2) is 12.7 Å². The van der Waals surface area contributed by atoms with Gasteiger partial charge in [0, 0.05) is 20.0 Å². The van der Waals surface area contributed by atoms with Crippen molar-refractivity contribution in [3.8, 4) is 5.75 Å². The van der Waals surface area contributed by atoms with Crippen LogP contribution in [0.2, 0.25) is 0 Å². The predicted molar refractivity (Wildman–Crippen MR) is 96.5 cm³/mol. The minimum atomic E-state index is -3.57. The molecule has 7 nitrogen and oxygen atoms in total. The molecule has 1 unspecified atom stereocenters. The van der Waals surface area contributed by atoms with E-state index in [1.807, 2.05) is 0 Å². The van der Waals surface area contributed by atoms with Gasteiger partial charge >= 0.3 is 0 Å². The molecule has 1 heterocycles. The first-order valence-electron chi connectivity index (χ1n) is 8.48. The molecule has 0 bridgehead atoms. The van der Waals surface area contributed by atoms with Crippen molar-refractivity contribution in [3.05, 3.63) is 18.2 Å². The van der Waals surface area contributed by atoms with Gasteiger partial charge < -0.3 is 15.0 Å². The van der Waals surface area contributed by atoms with Crippen molar-refractivity contribution in [1.29, 1.82) is 0 Å². The number of hydrogen-bond donors (Lipinski definition) is 2. The molecule has 1 aliphatic rings. The van der Waals surface area contributed by atoms with Crippen LogP contribution in [0, 0.1) is 5.92 Å². The largest absolute Gasteiger partial charge is 0.495 e. The maximum atomic E-state index is 12.4. The number of amides is 1. The van der Waals surface area contributed by atoms with Crippen molar-refractivity contribution in [1.82, 2.24) is 4.31 Å². The number of likely N-dealkylation sites (tertiary alicyclic amines) is 1. The second-order valence-corrected chi connectivity index (χ2v) is 8.98. The Morgan fingerprint density at radius 3 is 2.72 bits per heavy atom. The number of methoxy groups -OCH3 is 1. The normalized spacial score (nSPS) is 21.2. The van der Waals surface area contributed by atoms with E-state index in [9.17, 15) is 13.2 Å². The molecular formula is C17H28N3O4S+. The Morgan fingerprint density at radius 1 is 1.40 bits per heavy atom. The minimum absolute atomic E-state index is 0.118. The molecule has 25 heavy (non-hydrogen) atoms. The average molecular weight is 370 g/mol. The predicted octanol–water partition coefficient (Wildman–Crippen LogP) is 0.199. The monoisotopic (exact) mass is 370 g/mol. The summed E-state index contributed by atoms with van der Waals surface area (Å²) in [5, 5.41) is 2.81. The Balaban J connectivity index is 2.15. The number of carbonyl (C=O) groups excluding carboxylic acids is 1. The Morgan fingerprint density at radius 2 is 2.12 bits per heavy atom. The third-order valence-corrected chi connectivity index (χ3v) is 6.31. The number of nitrogens with zero attached hydrogens (tertiary/aromatic N) is 1. The summed E-state index contributed by atoms with van der Waals surface area (Å²) in [5.41, 5.74) is 0.375. The third-order valence-electron chi connectivity index (χ3n) is 4.50. The number of sulfonamides is 1. The molecule has 1 amide bonds. The van der Waals surface area contributed by atoms with E-state index < -0.39 is 10.0 Å². The van der Waals surface area contributed by atoms with Crippen LogP contribution < -0.4 is 15.0 Å². The lowest BCUT2D eigenvalue weighted by Gasteiger charge is -2.27. The number of nitrogens with one attached hydrogen (secondary N) is 2. The zero-order valence-corrected chi connectivity index (χ0v) is 16.1. The molecule has 0 saturated carbocycles. The summed E-state index contributed by atoms with van der Waals surface area (Å²) < 4.78 is 31.0. The minimum Gasteiger partial charge on any atom is -0.495 e. The van der Waals surface area contributed by atoms with Gasteiger partial charge in [-0.3, -0.25) is 4.79 Å². The van der Waals surface area contributed by atoms with Gasteiger partial charge in [0.2, 0.25) is 10.0 Å². The van der Waals surface area contributed by atoms with Gasteiger partial charge in [-0.05, 0) is 31.0 Å². The summed E-state index contributed by atoms with van der Waals surface area (Å²) in [7, 11) is 0.857. The average Bonchev–Trinajstić information content (AvgIpc) is 2.54. The lowest BCUT2D eigenvalue weighted by Crippen LogP contribution is -3.14. The van der Waals surface area contributed by atoms with Crippen LogP contribution >= 0.6 is 0 Å². The van der Waals surface area contributed by atoms with Crippen molar-refractivity contribution in [2.45, 2.75) is 24.7 Å².